The summed E-state index contributed by atoms with van der Waals surface area (Å²) in [4.78, 5) is 0. The van der Waals surface area contributed by atoms with Gasteiger partial charge < -0.3 is 0 Å². The number of unbranched alkanes of at least 4 members (excludes halogenated alkanes) is 13. The van der Waals surface area contributed by atoms with Crippen LogP contribution in [-0.2, 0) is 6.54 Å². The van der Waals surface area contributed by atoms with E-state index in [0.717, 1.165) is 0 Å². The van der Waals surface area contributed by atoms with E-state index in [0.29, 0.717) is 0 Å². The Bertz CT molecular complexity index is 548. The fourth-order valence-corrected chi connectivity index (χ4v) is 3.28. The van der Waals surface area contributed by atoms with Crippen LogP contribution in [0.3, 0.4) is 0 Å². The molecule has 30 heavy (non-hydrogen) atoms. The normalized spacial score (nSPS) is 13.9. The van der Waals surface area contributed by atoms with Crippen molar-refractivity contribution in [2.75, 3.05) is 0 Å². The van der Waals surface area contributed by atoms with Gasteiger partial charge in [0.2, 0.25) is 0 Å². The van der Waals surface area contributed by atoms with Gasteiger partial charge in [-0.2, -0.15) is 0 Å². The zero-order chi connectivity index (χ0) is 23.0. The minimum atomic E-state index is -11.2. The van der Waals surface area contributed by atoms with Crippen molar-refractivity contribution in [1.82, 2.24) is 0 Å². The predicted molar refractivity (Wildman–Crippen MR) is 114 cm³/mol. The third-order valence-corrected chi connectivity index (χ3v) is 4.78. The summed E-state index contributed by atoms with van der Waals surface area (Å²) < 4.78 is 61.9. The molecule has 0 saturated heterocycles. The van der Waals surface area contributed by atoms with Gasteiger partial charge in [-0.1, -0.05) is 84.0 Å². The molecule has 0 bridgehead atoms. The Labute approximate surface area is 181 Å². The second-order valence-corrected chi connectivity index (χ2v) is 13.6. The molecule has 0 spiro atoms. The third kappa shape index (κ3) is 29.7. The van der Waals surface area contributed by atoms with Crippen molar-refractivity contribution in [3.8, 4) is 0 Å². The Morgan fingerprint density at radius 2 is 1.03 bits per heavy atom. The SMILES string of the molecule is CCCCCCCCCCCCCCCC[n+]1cccc(C)c1.[F][Sb-]([F])([F])([F])([F])[F]. The van der Waals surface area contributed by atoms with E-state index in [1.807, 2.05) is 0 Å². The molecule has 0 N–H and O–H groups in total. The number of hydrogen-bond acceptors (Lipinski definition) is 0. The molecule has 8 heteroatoms. The molecule has 0 aliphatic heterocycles. The van der Waals surface area contributed by atoms with Crippen LogP contribution < -0.4 is 4.57 Å². The zero-order valence-electron chi connectivity index (χ0n) is 18.6. The van der Waals surface area contributed by atoms with Gasteiger partial charge in [0.1, 0.15) is 6.54 Å². The molecule has 0 fully saturated rings. The molecule has 1 heterocycles. The Balaban J connectivity index is 0.00000103. The Hall–Kier alpha value is -0.452. The Morgan fingerprint density at radius 3 is 1.40 bits per heavy atom. The van der Waals surface area contributed by atoms with Crippen molar-refractivity contribution in [2.45, 2.75) is 110 Å². The minimum absolute atomic E-state index is 1.18. The van der Waals surface area contributed by atoms with Gasteiger partial charge in [-0.05, 0) is 19.4 Å². The molecule has 0 amide bonds. The van der Waals surface area contributed by atoms with Crippen LogP contribution in [0.15, 0.2) is 24.5 Å². The van der Waals surface area contributed by atoms with Crippen molar-refractivity contribution in [1.29, 1.82) is 0 Å². The molecule has 1 nitrogen and oxygen atoms in total. The summed E-state index contributed by atoms with van der Waals surface area (Å²) in [6.45, 7) is 5.64. The van der Waals surface area contributed by atoms with Crippen molar-refractivity contribution < 1.29 is 21.4 Å². The van der Waals surface area contributed by atoms with E-state index in [4.69, 9.17) is 0 Å². The number of nitrogens with zero attached hydrogens (tertiary/aromatic N) is 1. The summed E-state index contributed by atoms with van der Waals surface area (Å²) >= 11 is -11.2. The molecule has 0 aromatic carbocycles. The molecule has 0 aliphatic carbocycles. The molecule has 180 valence electrons. The van der Waals surface area contributed by atoms with Gasteiger partial charge in [0.15, 0.2) is 12.4 Å². The van der Waals surface area contributed by atoms with Gasteiger partial charge >= 0.3 is 36.4 Å². The summed E-state index contributed by atoms with van der Waals surface area (Å²) in [5, 5.41) is 0. The average Bonchev–Trinajstić information content (AvgIpc) is 2.59. The number of pyridine rings is 1. The summed E-state index contributed by atoms with van der Waals surface area (Å²) in [6.07, 6.45) is 24.5. The van der Waals surface area contributed by atoms with Crippen LogP contribution in [0.5, 0.6) is 0 Å². The monoisotopic (exact) mass is 553 g/mol. The van der Waals surface area contributed by atoms with E-state index in [-0.39, 0.29) is 0 Å². The summed E-state index contributed by atoms with van der Waals surface area (Å²) in [5.41, 5.74) is 1.36. The Morgan fingerprint density at radius 1 is 0.667 bits per heavy atom. The molecule has 0 unspecified atom stereocenters. The van der Waals surface area contributed by atoms with Crippen molar-refractivity contribution in [2.24, 2.45) is 0 Å². The van der Waals surface area contributed by atoms with Crippen LogP contribution in [0.2, 0.25) is 0 Å². The molecule has 0 aliphatic rings. The van der Waals surface area contributed by atoms with Crippen LogP contribution in [0.4, 0.5) is 16.9 Å². The average molecular weight is 554 g/mol. The van der Waals surface area contributed by atoms with Gasteiger partial charge in [0.25, 0.3) is 0 Å². The second kappa shape index (κ2) is 13.9. The van der Waals surface area contributed by atoms with Crippen molar-refractivity contribution >= 4 is 19.5 Å². The van der Waals surface area contributed by atoms with Crippen LogP contribution in [0.25, 0.3) is 0 Å². The molecule has 1 rings (SSSR count). The second-order valence-electron chi connectivity index (χ2n) is 8.17. The summed E-state index contributed by atoms with van der Waals surface area (Å²) in [5.74, 6) is 0. The van der Waals surface area contributed by atoms with Gasteiger partial charge in [0, 0.05) is 18.1 Å². The molecular weight excluding hydrogens is 514 g/mol. The van der Waals surface area contributed by atoms with Gasteiger partial charge in [0.05, 0.1) is 0 Å². The van der Waals surface area contributed by atoms with Crippen molar-refractivity contribution in [3.63, 3.8) is 0 Å². The fraction of sp³-hybridized carbons (Fsp3) is 0.773. The molecular formula is C22H40F6NSb. The molecule has 0 radical (unpaired) electrons. The quantitative estimate of drug-likeness (QED) is 0.0883. The van der Waals surface area contributed by atoms with Gasteiger partial charge in [-0.3, -0.25) is 0 Å². The van der Waals surface area contributed by atoms with Crippen LogP contribution in [0.1, 0.15) is 102 Å². The maximum atomic E-state index is 9.93. The van der Waals surface area contributed by atoms with Crippen LogP contribution >= 0.6 is 0 Å². The fourth-order valence-electron chi connectivity index (χ4n) is 3.28. The summed E-state index contributed by atoms with van der Waals surface area (Å²) in [6, 6.07) is 4.32. The van der Waals surface area contributed by atoms with E-state index in [2.05, 4.69) is 42.9 Å². The van der Waals surface area contributed by atoms with E-state index < -0.39 is 19.5 Å². The zero-order valence-corrected chi connectivity index (χ0v) is 21.1. The first-order valence-electron chi connectivity index (χ1n) is 11.3. The van der Waals surface area contributed by atoms with Crippen molar-refractivity contribution in [3.05, 3.63) is 30.1 Å². The first-order chi connectivity index (χ1) is 13.8. The molecule has 0 saturated carbocycles. The number of aromatic nitrogens is 1. The van der Waals surface area contributed by atoms with Crippen LogP contribution in [-0.4, -0.2) is 19.5 Å². The van der Waals surface area contributed by atoms with E-state index in [1.54, 1.807) is 0 Å². The van der Waals surface area contributed by atoms with Gasteiger partial charge in [-0.15, -0.1) is 0 Å². The predicted octanol–water partition coefficient (Wildman–Crippen LogP) is 8.90. The topological polar surface area (TPSA) is 3.88 Å². The standard InChI is InChI=1S/C22H40N.6FH.Sb/c1-3-4-5-6-7-8-9-10-11-12-13-14-15-16-19-23-20-17-18-22(2)21-23;;;;;;;/h17-18,20-21H,3-16,19H2,1-2H3;6*1H;/q+1;;;;;;;+5/p-6. The van der Waals surface area contributed by atoms with Crippen LogP contribution in [0, 0.1) is 6.92 Å². The van der Waals surface area contributed by atoms with E-state index >= 15 is 0 Å². The number of hydrogen-bond donors (Lipinski definition) is 0. The summed E-state index contributed by atoms with van der Waals surface area (Å²) in [7, 11) is 0. The van der Waals surface area contributed by atoms with E-state index in [9.17, 15) is 16.9 Å². The third-order valence-electron chi connectivity index (χ3n) is 4.78. The van der Waals surface area contributed by atoms with E-state index in [1.165, 1.54) is 102 Å². The number of halogens is 6. The first-order valence-corrected chi connectivity index (χ1v) is 17.1. The molecule has 0 atom stereocenters. The molecule has 1 aromatic heterocycles. The van der Waals surface area contributed by atoms with Gasteiger partial charge in [-0.25, -0.2) is 4.57 Å². The molecule has 1 aromatic rings. The number of rotatable bonds is 15. The maximum absolute atomic E-state index is 11.2. The number of aryl methyl sites for hydroxylation is 2. The first kappa shape index (κ1) is 29.5. The Kier molecular flexibility index (Phi) is 13.6.